The van der Waals surface area contributed by atoms with Crippen molar-refractivity contribution in [2.45, 2.75) is 39.7 Å². The van der Waals surface area contributed by atoms with E-state index in [-0.39, 0.29) is 17.8 Å². The molecule has 1 N–H and O–H groups in total. The molecule has 8 heteroatoms. The number of esters is 1. The molecule has 0 fully saturated rings. The molecule has 1 heterocycles. The number of hydrogen-bond acceptors (Lipinski definition) is 7. The van der Waals surface area contributed by atoms with Crippen LogP contribution in [0.1, 0.15) is 44.5 Å². The molecule has 0 radical (unpaired) electrons. The second-order valence-electron chi connectivity index (χ2n) is 10.3. The summed E-state index contributed by atoms with van der Waals surface area (Å²) in [6.07, 6.45) is 2.15. The van der Waals surface area contributed by atoms with Crippen LogP contribution in [-0.2, 0) is 9.53 Å². The van der Waals surface area contributed by atoms with Crippen LogP contribution >= 0.6 is 0 Å². The van der Waals surface area contributed by atoms with Crippen LogP contribution in [-0.4, -0.2) is 36.2 Å². The zero-order chi connectivity index (χ0) is 28.7. The highest BCUT2D eigenvalue weighted by atomic mass is 16.6. The monoisotopic (exact) mass is 542 g/mol. The lowest BCUT2D eigenvalue weighted by molar-refractivity contribution is -0.159. The Morgan fingerprint density at radius 2 is 1.65 bits per heavy atom. The summed E-state index contributed by atoms with van der Waals surface area (Å²) in [5.41, 5.74) is 1.38. The van der Waals surface area contributed by atoms with Gasteiger partial charge in [-0.25, -0.2) is 0 Å². The zero-order valence-electron chi connectivity index (χ0n) is 23.4. The second kappa shape index (κ2) is 12.5. The molecule has 208 valence electrons. The molecule has 4 rings (SSSR count). The molecule has 8 nitrogen and oxygen atoms in total. The number of rotatable bonds is 10. The smallest absolute Gasteiger partial charge is 0.309 e. The molecule has 0 unspecified atom stereocenters. The Bertz CT molecular complexity index is 1460. The van der Waals surface area contributed by atoms with E-state index in [0.29, 0.717) is 52.8 Å². The van der Waals surface area contributed by atoms with E-state index < -0.39 is 5.60 Å². The maximum Gasteiger partial charge on any atom is 0.309 e. The predicted octanol–water partition coefficient (Wildman–Crippen LogP) is 7.03. The lowest BCUT2D eigenvalue weighted by Gasteiger charge is -2.22. The van der Waals surface area contributed by atoms with Crippen molar-refractivity contribution in [2.24, 2.45) is 5.92 Å². The first-order valence-corrected chi connectivity index (χ1v) is 13.1. The highest BCUT2D eigenvalue weighted by Crippen LogP contribution is 2.37. The molecule has 0 bridgehead atoms. The van der Waals surface area contributed by atoms with Gasteiger partial charge in [0.1, 0.15) is 17.1 Å². The first-order valence-electron chi connectivity index (χ1n) is 13.1. The molecule has 0 aliphatic heterocycles. The number of benzene rings is 3. The topological polar surface area (TPSA) is 96.0 Å². The number of fused-ring (bicyclic) bond motifs is 1. The molecular weight excluding hydrogens is 508 g/mol. The Labute approximate surface area is 234 Å². The van der Waals surface area contributed by atoms with Crippen LogP contribution in [0.25, 0.3) is 10.9 Å². The van der Waals surface area contributed by atoms with E-state index in [0.717, 1.165) is 5.39 Å². The summed E-state index contributed by atoms with van der Waals surface area (Å²) < 4.78 is 23.2. The van der Waals surface area contributed by atoms with E-state index in [1.807, 2.05) is 52.0 Å². The number of pyridine rings is 1. The van der Waals surface area contributed by atoms with Gasteiger partial charge in [0.2, 0.25) is 0 Å². The zero-order valence-corrected chi connectivity index (χ0v) is 23.4. The van der Waals surface area contributed by atoms with Gasteiger partial charge in [-0.15, -0.1) is 0 Å². The van der Waals surface area contributed by atoms with Crippen LogP contribution in [0.4, 0.5) is 5.69 Å². The van der Waals surface area contributed by atoms with Gasteiger partial charge in [-0.1, -0.05) is 25.1 Å². The Morgan fingerprint density at radius 1 is 0.925 bits per heavy atom. The SMILES string of the molecule is COc1cc2c(Oc3ccc(NC(=O)c4ccccc4)cc3)ccnc2cc1OCC[C@H](C)C(=O)OC(C)(C)C. The molecule has 0 spiro atoms. The Kier molecular flexibility index (Phi) is 8.89. The third kappa shape index (κ3) is 7.50. The minimum absolute atomic E-state index is 0.182. The molecule has 1 atom stereocenters. The van der Waals surface area contributed by atoms with Crippen molar-refractivity contribution in [3.63, 3.8) is 0 Å². The normalized spacial score (nSPS) is 11.9. The van der Waals surface area contributed by atoms with E-state index in [1.165, 1.54) is 0 Å². The first-order chi connectivity index (χ1) is 19.1. The molecule has 3 aromatic carbocycles. The van der Waals surface area contributed by atoms with Crippen LogP contribution in [0.15, 0.2) is 79.0 Å². The summed E-state index contributed by atoms with van der Waals surface area (Å²) in [5, 5.41) is 3.62. The summed E-state index contributed by atoms with van der Waals surface area (Å²) in [5.74, 6) is 1.50. The van der Waals surface area contributed by atoms with Gasteiger partial charge in [-0.2, -0.15) is 0 Å². The van der Waals surface area contributed by atoms with Crippen LogP contribution in [0.3, 0.4) is 0 Å². The van der Waals surface area contributed by atoms with Gasteiger partial charge in [0.15, 0.2) is 11.5 Å². The number of aromatic nitrogens is 1. The molecule has 1 aromatic heterocycles. The van der Waals surface area contributed by atoms with Crippen LogP contribution in [0.2, 0.25) is 0 Å². The van der Waals surface area contributed by atoms with Gasteiger partial charge >= 0.3 is 5.97 Å². The molecule has 0 aliphatic carbocycles. The summed E-state index contributed by atoms with van der Waals surface area (Å²) in [6, 6.07) is 21.5. The van der Waals surface area contributed by atoms with E-state index in [2.05, 4.69) is 10.3 Å². The number of nitrogens with one attached hydrogen (secondary N) is 1. The van der Waals surface area contributed by atoms with Gasteiger partial charge < -0.3 is 24.3 Å². The van der Waals surface area contributed by atoms with Crippen molar-refractivity contribution in [3.05, 3.63) is 84.6 Å². The lowest BCUT2D eigenvalue weighted by Crippen LogP contribution is -2.28. The molecule has 0 saturated carbocycles. The number of ether oxygens (including phenoxy) is 4. The Balaban J connectivity index is 1.43. The maximum atomic E-state index is 12.4. The van der Waals surface area contributed by atoms with Gasteiger partial charge in [0.25, 0.3) is 5.91 Å². The summed E-state index contributed by atoms with van der Waals surface area (Å²) in [6.45, 7) is 7.68. The Hall–Kier alpha value is -4.59. The summed E-state index contributed by atoms with van der Waals surface area (Å²) in [7, 11) is 1.57. The number of methoxy groups -OCH3 is 1. The van der Waals surface area contributed by atoms with E-state index in [4.69, 9.17) is 18.9 Å². The average molecular weight is 543 g/mol. The summed E-state index contributed by atoms with van der Waals surface area (Å²) >= 11 is 0. The quantitative estimate of drug-likeness (QED) is 0.215. The Morgan fingerprint density at radius 3 is 2.33 bits per heavy atom. The van der Waals surface area contributed by atoms with Crippen LogP contribution in [0.5, 0.6) is 23.0 Å². The summed E-state index contributed by atoms with van der Waals surface area (Å²) in [4.78, 5) is 29.1. The molecule has 0 aliphatic rings. The minimum atomic E-state index is -0.528. The van der Waals surface area contributed by atoms with Gasteiger partial charge in [-0.05, 0) is 75.7 Å². The van der Waals surface area contributed by atoms with E-state index in [1.54, 1.807) is 61.8 Å². The third-order valence-electron chi connectivity index (χ3n) is 5.98. The van der Waals surface area contributed by atoms with Crippen LogP contribution < -0.4 is 19.5 Å². The predicted molar refractivity (Wildman–Crippen MR) is 154 cm³/mol. The molecule has 40 heavy (non-hydrogen) atoms. The van der Waals surface area contributed by atoms with Crippen LogP contribution in [0, 0.1) is 5.92 Å². The number of nitrogens with zero attached hydrogens (tertiary/aromatic N) is 1. The van der Waals surface area contributed by atoms with Crippen molar-refractivity contribution in [2.75, 3.05) is 19.0 Å². The fourth-order valence-corrected chi connectivity index (χ4v) is 3.88. The first kappa shape index (κ1) is 28.4. The highest BCUT2D eigenvalue weighted by molar-refractivity contribution is 6.04. The molecule has 1 amide bonds. The number of carbonyl (C=O) groups is 2. The third-order valence-corrected chi connectivity index (χ3v) is 5.98. The fraction of sp³-hybridized carbons (Fsp3) is 0.281. The largest absolute Gasteiger partial charge is 0.493 e. The van der Waals surface area contributed by atoms with Crippen molar-refractivity contribution in [1.82, 2.24) is 4.98 Å². The van der Waals surface area contributed by atoms with Crippen molar-refractivity contribution in [1.29, 1.82) is 0 Å². The van der Waals surface area contributed by atoms with E-state index >= 15 is 0 Å². The average Bonchev–Trinajstić information content (AvgIpc) is 2.93. The van der Waals surface area contributed by atoms with Gasteiger partial charge in [0, 0.05) is 28.9 Å². The number of hydrogen-bond donors (Lipinski definition) is 1. The van der Waals surface area contributed by atoms with Crippen molar-refractivity contribution >= 4 is 28.5 Å². The number of carbonyl (C=O) groups excluding carboxylic acids is 2. The van der Waals surface area contributed by atoms with Crippen molar-refractivity contribution < 1.29 is 28.5 Å². The van der Waals surface area contributed by atoms with Gasteiger partial charge in [-0.3, -0.25) is 14.6 Å². The van der Waals surface area contributed by atoms with Crippen molar-refractivity contribution in [3.8, 4) is 23.0 Å². The molecular formula is C32H34N2O6. The van der Waals surface area contributed by atoms with E-state index in [9.17, 15) is 9.59 Å². The lowest BCUT2D eigenvalue weighted by atomic mass is 10.1. The highest BCUT2D eigenvalue weighted by Gasteiger charge is 2.22. The minimum Gasteiger partial charge on any atom is -0.493 e. The number of amides is 1. The van der Waals surface area contributed by atoms with Gasteiger partial charge in [0.05, 0.1) is 25.2 Å². The molecule has 0 saturated heterocycles. The maximum absolute atomic E-state index is 12.4. The number of anilines is 1. The fourth-order valence-electron chi connectivity index (χ4n) is 3.88. The second-order valence-corrected chi connectivity index (χ2v) is 10.3. The molecule has 4 aromatic rings. The standard InChI is InChI=1S/C32H34N2O6/c1-21(31(36)40-32(2,3)4)16-18-38-29-20-26-25(19-28(29)37-5)27(15-17-33-26)39-24-13-11-23(12-14-24)34-30(35)22-9-7-6-8-10-22/h6-15,17,19-21H,16,18H2,1-5H3,(H,34,35)/t21-/m0/s1.